The Morgan fingerprint density at radius 1 is 1.07 bits per heavy atom. The molecule has 2 N–H and O–H groups in total. The molecule has 2 heterocycles. The lowest BCUT2D eigenvalue weighted by atomic mass is 10.1. The first-order chi connectivity index (χ1) is 14.6. The average Bonchev–Trinajstić information content (AvgIpc) is 2.76. The number of para-hydroxylation sites is 1. The zero-order chi connectivity index (χ0) is 20.9. The summed E-state index contributed by atoms with van der Waals surface area (Å²) in [5.74, 6) is -0.861. The van der Waals surface area contributed by atoms with Crippen LogP contribution in [0.2, 0.25) is 0 Å². The van der Waals surface area contributed by atoms with E-state index in [1.807, 2.05) is 23.1 Å². The first kappa shape index (κ1) is 20.0. The molecule has 0 aromatic heterocycles. The second-order valence-corrected chi connectivity index (χ2v) is 7.44. The normalized spacial score (nSPS) is 19.8. The lowest BCUT2D eigenvalue weighted by Crippen LogP contribution is -2.56. The Morgan fingerprint density at radius 3 is 2.50 bits per heavy atom. The molecular weight excluding hydrogens is 385 g/mol. The molecule has 8 heteroatoms. The Labute approximate surface area is 174 Å². The molecule has 0 spiro atoms. The van der Waals surface area contributed by atoms with Gasteiger partial charge < -0.3 is 10.2 Å². The predicted octanol–water partition coefficient (Wildman–Crippen LogP) is 1.83. The maximum Gasteiger partial charge on any atom is 0.249 e. The van der Waals surface area contributed by atoms with Crippen LogP contribution in [0, 0.1) is 5.82 Å². The van der Waals surface area contributed by atoms with Crippen molar-refractivity contribution in [3.8, 4) is 0 Å². The van der Waals surface area contributed by atoms with E-state index >= 15 is 0 Å². The molecule has 0 aliphatic carbocycles. The molecule has 156 valence electrons. The summed E-state index contributed by atoms with van der Waals surface area (Å²) >= 11 is 0. The number of nitrogens with one attached hydrogen (secondary N) is 2. The number of rotatable bonds is 4. The van der Waals surface area contributed by atoms with Crippen molar-refractivity contribution in [2.24, 2.45) is 4.99 Å². The van der Waals surface area contributed by atoms with Crippen LogP contribution in [-0.4, -0.2) is 59.8 Å². The van der Waals surface area contributed by atoms with E-state index in [2.05, 4.69) is 32.7 Å². The Bertz CT molecular complexity index is 942. The number of nitrogens with zero attached hydrogens (tertiary/aromatic N) is 3. The number of carbonyl (C=O) groups excluding carboxylic acids is 2. The quantitative estimate of drug-likeness (QED) is 0.808. The van der Waals surface area contributed by atoms with Gasteiger partial charge in [-0.3, -0.25) is 19.8 Å². The van der Waals surface area contributed by atoms with Crippen LogP contribution >= 0.6 is 0 Å². The van der Waals surface area contributed by atoms with Gasteiger partial charge in [-0.25, -0.2) is 9.38 Å². The second-order valence-electron chi connectivity index (χ2n) is 7.44. The van der Waals surface area contributed by atoms with Gasteiger partial charge in [-0.2, -0.15) is 0 Å². The number of carbonyl (C=O) groups is 2. The number of amides is 2. The first-order valence-electron chi connectivity index (χ1n) is 10.0. The number of guanidine groups is 1. The van der Waals surface area contributed by atoms with Crippen LogP contribution in [0.4, 0.5) is 10.1 Å². The summed E-state index contributed by atoms with van der Waals surface area (Å²) in [6, 6.07) is 15.3. The van der Waals surface area contributed by atoms with Crippen LogP contribution in [0.15, 0.2) is 59.6 Å². The standard InChI is InChI=1S/C22H24FN5O2/c23-17-8-4-5-9-18(17)24-21(30)19-14-20(29)26-22(25-19)28-12-10-27(11-13-28)15-16-6-2-1-3-7-16/h1-9,19H,10-15H2,(H,24,30)(H,25,26,29)/t19-/m0/s1. The van der Waals surface area contributed by atoms with E-state index in [4.69, 9.17) is 0 Å². The van der Waals surface area contributed by atoms with Crippen LogP contribution in [0.5, 0.6) is 0 Å². The minimum Gasteiger partial charge on any atom is -0.340 e. The van der Waals surface area contributed by atoms with Crippen LogP contribution in [0.1, 0.15) is 12.0 Å². The fourth-order valence-corrected chi connectivity index (χ4v) is 3.63. The first-order valence-corrected chi connectivity index (χ1v) is 10.0. The van der Waals surface area contributed by atoms with E-state index < -0.39 is 17.8 Å². The summed E-state index contributed by atoms with van der Waals surface area (Å²) in [7, 11) is 0. The highest BCUT2D eigenvalue weighted by molar-refractivity contribution is 6.06. The number of aliphatic imine (C=N–C) groups is 1. The molecular formula is C22H24FN5O2. The van der Waals surface area contributed by atoms with Crippen LogP contribution in [0.25, 0.3) is 0 Å². The molecule has 2 aromatic rings. The predicted molar refractivity (Wildman–Crippen MR) is 112 cm³/mol. The van der Waals surface area contributed by atoms with Gasteiger partial charge in [-0.15, -0.1) is 0 Å². The number of piperazine rings is 1. The average molecular weight is 409 g/mol. The second kappa shape index (κ2) is 9.04. The Hall–Kier alpha value is -3.26. The van der Waals surface area contributed by atoms with Gasteiger partial charge in [0.05, 0.1) is 12.1 Å². The molecule has 1 atom stereocenters. The minimum absolute atomic E-state index is 0.0578. The highest BCUT2D eigenvalue weighted by Crippen LogP contribution is 2.16. The van der Waals surface area contributed by atoms with Crippen LogP contribution < -0.4 is 10.6 Å². The van der Waals surface area contributed by atoms with Crippen LogP contribution in [-0.2, 0) is 16.1 Å². The van der Waals surface area contributed by atoms with Crippen molar-refractivity contribution in [2.45, 2.75) is 19.0 Å². The van der Waals surface area contributed by atoms with Crippen molar-refractivity contribution in [3.63, 3.8) is 0 Å². The molecule has 30 heavy (non-hydrogen) atoms. The van der Waals surface area contributed by atoms with Crippen molar-refractivity contribution in [2.75, 3.05) is 31.5 Å². The summed E-state index contributed by atoms with van der Waals surface area (Å²) in [5, 5.41) is 5.31. The lowest BCUT2D eigenvalue weighted by Gasteiger charge is -2.37. The molecule has 2 aliphatic heterocycles. The third-order valence-electron chi connectivity index (χ3n) is 5.26. The summed E-state index contributed by atoms with van der Waals surface area (Å²) in [5.41, 5.74) is 1.35. The van der Waals surface area contributed by atoms with Gasteiger partial charge in [-0.05, 0) is 17.7 Å². The van der Waals surface area contributed by atoms with Crippen molar-refractivity contribution in [3.05, 3.63) is 66.0 Å². The van der Waals surface area contributed by atoms with E-state index in [-0.39, 0.29) is 18.0 Å². The molecule has 2 aromatic carbocycles. The smallest absolute Gasteiger partial charge is 0.249 e. The summed E-state index contributed by atoms with van der Waals surface area (Å²) < 4.78 is 13.8. The number of benzene rings is 2. The number of anilines is 1. The van der Waals surface area contributed by atoms with Gasteiger partial charge in [0.15, 0.2) is 0 Å². The Kier molecular flexibility index (Phi) is 6.04. The lowest BCUT2D eigenvalue weighted by molar-refractivity contribution is -0.125. The topological polar surface area (TPSA) is 77.0 Å². The molecule has 0 saturated carbocycles. The minimum atomic E-state index is -0.879. The Balaban J connectivity index is 1.37. The summed E-state index contributed by atoms with van der Waals surface area (Å²) in [6.07, 6.45) is -0.0578. The fraction of sp³-hybridized carbons (Fsp3) is 0.318. The molecule has 2 amide bonds. The zero-order valence-electron chi connectivity index (χ0n) is 16.6. The third-order valence-corrected chi connectivity index (χ3v) is 5.26. The Morgan fingerprint density at radius 2 is 1.77 bits per heavy atom. The SMILES string of the molecule is O=C1C[C@@H](C(=O)Nc2ccccc2F)N=C(N2CCN(Cc3ccccc3)CC2)N1. The summed E-state index contributed by atoms with van der Waals surface area (Å²) in [6.45, 7) is 3.94. The van der Waals surface area contributed by atoms with Crippen molar-refractivity contribution < 1.29 is 14.0 Å². The van der Waals surface area contributed by atoms with Gasteiger partial charge in [0.2, 0.25) is 17.8 Å². The number of hydrogen-bond donors (Lipinski definition) is 2. The van der Waals surface area contributed by atoms with Gasteiger partial charge in [-0.1, -0.05) is 42.5 Å². The monoisotopic (exact) mass is 409 g/mol. The largest absolute Gasteiger partial charge is 0.340 e. The summed E-state index contributed by atoms with van der Waals surface area (Å²) in [4.78, 5) is 33.5. The molecule has 0 radical (unpaired) electrons. The molecule has 1 fully saturated rings. The molecule has 1 saturated heterocycles. The maximum atomic E-state index is 13.8. The van der Waals surface area contributed by atoms with Gasteiger partial charge in [0.25, 0.3) is 0 Å². The molecule has 2 aliphatic rings. The number of hydrogen-bond acceptors (Lipinski definition) is 5. The zero-order valence-corrected chi connectivity index (χ0v) is 16.6. The van der Waals surface area contributed by atoms with Crippen LogP contribution in [0.3, 0.4) is 0 Å². The number of halogens is 1. The van der Waals surface area contributed by atoms with Gasteiger partial charge >= 0.3 is 0 Å². The van der Waals surface area contributed by atoms with Gasteiger partial charge in [0.1, 0.15) is 11.9 Å². The third kappa shape index (κ3) is 4.83. The van der Waals surface area contributed by atoms with E-state index in [9.17, 15) is 14.0 Å². The van der Waals surface area contributed by atoms with Gasteiger partial charge in [0, 0.05) is 32.7 Å². The van der Waals surface area contributed by atoms with E-state index in [1.54, 1.807) is 12.1 Å². The van der Waals surface area contributed by atoms with E-state index in [0.29, 0.717) is 19.0 Å². The van der Waals surface area contributed by atoms with E-state index in [0.717, 1.165) is 19.6 Å². The molecule has 7 nitrogen and oxygen atoms in total. The fourth-order valence-electron chi connectivity index (χ4n) is 3.63. The molecule has 0 unspecified atom stereocenters. The molecule has 0 bridgehead atoms. The van der Waals surface area contributed by atoms with E-state index in [1.165, 1.54) is 17.7 Å². The maximum absolute atomic E-state index is 13.8. The molecule has 4 rings (SSSR count). The van der Waals surface area contributed by atoms with Crippen molar-refractivity contribution in [1.29, 1.82) is 0 Å². The van der Waals surface area contributed by atoms with Crippen molar-refractivity contribution in [1.82, 2.24) is 15.1 Å². The highest BCUT2D eigenvalue weighted by atomic mass is 19.1. The van der Waals surface area contributed by atoms with Crippen molar-refractivity contribution >= 4 is 23.5 Å². The highest BCUT2D eigenvalue weighted by Gasteiger charge is 2.30.